The van der Waals surface area contributed by atoms with Gasteiger partial charge in [0, 0.05) is 5.56 Å². The molecular weight excluding hydrogens is 307 g/mol. The average molecular weight is 324 g/mol. The van der Waals surface area contributed by atoms with Gasteiger partial charge in [0.15, 0.2) is 0 Å². The van der Waals surface area contributed by atoms with Crippen molar-refractivity contribution in [1.82, 2.24) is 10.4 Å². The number of carbonyl (C=O) groups is 1. The Morgan fingerprint density at radius 3 is 2.62 bits per heavy atom. The summed E-state index contributed by atoms with van der Waals surface area (Å²) in [4.78, 5) is 16.8. The van der Waals surface area contributed by atoms with Crippen LogP contribution >= 0.6 is 0 Å². The van der Waals surface area contributed by atoms with Crippen molar-refractivity contribution in [3.05, 3.63) is 72.1 Å². The number of hydrogen-bond donors (Lipinski definition) is 2. The van der Waals surface area contributed by atoms with Crippen LogP contribution in [0.15, 0.2) is 60.1 Å². The van der Waals surface area contributed by atoms with Gasteiger partial charge in [0.1, 0.15) is 11.7 Å². The number of hydrogen-bond acceptors (Lipinski definition) is 4. The van der Waals surface area contributed by atoms with Crippen molar-refractivity contribution >= 4 is 23.1 Å². The van der Waals surface area contributed by atoms with Gasteiger partial charge in [-0.15, -0.1) is 0 Å². The topological polar surface area (TPSA) is 70.7 Å². The Morgan fingerprint density at radius 1 is 1.21 bits per heavy atom. The number of hydrazine groups is 1. The number of amides is 1. The van der Waals surface area contributed by atoms with Crippen molar-refractivity contribution in [2.45, 2.75) is 6.42 Å². The van der Waals surface area contributed by atoms with E-state index in [2.05, 4.69) is 17.0 Å². The third-order valence-electron chi connectivity index (χ3n) is 3.69. The van der Waals surface area contributed by atoms with Gasteiger partial charge in [0.05, 0.1) is 24.4 Å². The van der Waals surface area contributed by atoms with Crippen LogP contribution < -0.4 is 11.2 Å². The van der Waals surface area contributed by atoms with E-state index in [1.54, 1.807) is 12.1 Å². The number of halogens is 1. The smallest absolute Gasteiger partial charge is 0.243 e. The first-order valence-corrected chi connectivity index (χ1v) is 7.48. The van der Waals surface area contributed by atoms with Crippen LogP contribution in [0.1, 0.15) is 11.1 Å². The summed E-state index contributed by atoms with van der Waals surface area (Å²) in [6.45, 7) is 4.19. The molecule has 2 aromatic rings. The lowest BCUT2D eigenvalue weighted by Gasteiger charge is -2.31. The Morgan fingerprint density at radius 2 is 1.92 bits per heavy atom. The summed E-state index contributed by atoms with van der Waals surface area (Å²) in [5, 5.41) is 1.51. The van der Waals surface area contributed by atoms with Gasteiger partial charge in [-0.2, -0.15) is 0 Å². The third kappa shape index (κ3) is 3.18. The molecule has 5 nitrogen and oxygen atoms in total. The Balaban J connectivity index is 1.77. The van der Waals surface area contributed by atoms with Crippen LogP contribution in [0, 0.1) is 5.82 Å². The Kier molecular flexibility index (Phi) is 4.39. The molecule has 2 aromatic carbocycles. The maximum atomic E-state index is 12.9. The number of nitrogens with one attached hydrogen (secondary N) is 1. The first kappa shape index (κ1) is 15.9. The van der Waals surface area contributed by atoms with E-state index in [0.29, 0.717) is 17.1 Å². The highest BCUT2D eigenvalue weighted by Crippen LogP contribution is 2.31. The molecule has 6 heteroatoms. The summed E-state index contributed by atoms with van der Waals surface area (Å²) in [5.74, 6) is -0.0906. The van der Waals surface area contributed by atoms with Gasteiger partial charge in [-0.1, -0.05) is 36.9 Å². The van der Waals surface area contributed by atoms with Gasteiger partial charge >= 0.3 is 0 Å². The number of fused-ring (bicyclic) bond motifs is 1. The fourth-order valence-electron chi connectivity index (χ4n) is 2.50. The summed E-state index contributed by atoms with van der Waals surface area (Å²) in [5.41, 5.74) is 11.4. The highest BCUT2D eigenvalue weighted by Gasteiger charge is 2.24. The van der Waals surface area contributed by atoms with Crippen LogP contribution in [0.5, 0.6) is 0 Å². The van der Waals surface area contributed by atoms with Crippen molar-refractivity contribution in [2.24, 2.45) is 10.7 Å². The van der Waals surface area contributed by atoms with Gasteiger partial charge < -0.3 is 5.73 Å². The summed E-state index contributed by atoms with van der Waals surface area (Å²) in [6.07, 6.45) is 0.115. The van der Waals surface area contributed by atoms with Crippen LogP contribution in [-0.2, 0) is 11.2 Å². The zero-order valence-electron chi connectivity index (χ0n) is 13.0. The summed E-state index contributed by atoms with van der Waals surface area (Å²) in [7, 11) is 0. The molecule has 1 aliphatic rings. The molecule has 0 radical (unpaired) electrons. The lowest BCUT2D eigenvalue weighted by Crippen LogP contribution is -2.48. The van der Waals surface area contributed by atoms with E-state index in [-0.39, 0.29) is 24.7 Å². The van der Waals surface area contributed by atoms with Gasteiger partial charge in [-0.05, 0) is 23.8 Å². The summed E-state index contributed by atoms with van der Waals surface area (Å²) >= 11 is 0. The number of nitrogens with two attached hydrogens (primary N) is 1. The molecule has 0 aromatic heterocycles. The molecule has 0 atom stereocenters. The fraction of sp³-hybridized carbons (Fsp3) is 0.111. The molecule has 0 saturated carbocycles. The van der Waals surface area contributed by atoms with Gasteiger partial charge in [0.2, 0.25) is 5.91 Å². The lowest BCUT2D eigenvalue weighted by molar-refractivity contribution is -0.122. The van der Waals surface area contributed by atoms with E-state index in [9.17, 15) is 9.18 Å². The van der Waals surface area contributed by atoms with Crippen molar-refractivity contribution in [1.29, 1.82) is 0 Å². The number of aliphatic imine (C=N–C) groups is 1. The monoisotopic (exact) mass is 324 g/mol. The second kappa shape index (κ2) is 6.64. The van der Waals surface area contributed by atoms with E-state index in [1.807, 2.05) is 24.3 Å². The molecule has 0 fully saturated rings. The normalized spacial score (nSPS) is 13.3. The van der Waals surface area contributed by atoms with Crippen LogP contribution in [0.4, 0.5) is 10.1 Å². The minimum absolute atomic E-state index is 0.115. The fourth-order valence-corrected chi connectivity index (χ4v) is 2.50. The quantitative estimate of drug-likeness (QED) is 0.907. The van der Waals surface area contributed by atoms with Crippen molar-refractivity contribution in [2.75, 3.05) is 6.54 Å². The number of rotatable bonds is 4. The maximum Gasteiger partial charge on any atom is 0.243 e. The Hall–Kier alpha value is -2.99. The van der Waals surface area contributed by atoms with Crippen LogP contribution in [0.2, 0.25) is 0 Å². The molecule has 0 unspecified atom stereocenters. The van der Waals surface area contributed by atoms with E-state index < -0.39 is 0 Å². The predicted octanol–water partition coefficient (Wildman–Crippen LogP) is 2.37. The van der Waals surface area contributed by atoms with E-state index in [4.69, 9.17) is 5.73 Å². The van der Waals surface area contributed by atoms with Crippen LogP contribution in [0.25, 0.3) is 5.70 Å². The zero-order chi connectivity index (χ0) is 17.1. The van der Waals surface area contributed by atoms with E-state index >= 15 is 0 Å². The Labute approximate surface area is 139 Å². The standard InChI is InChI=1S/C18H17FN4O/c1-12-15-4-2-3-5-16(15)21-17(11-20)23(12)22-18(24)10-13-6-8-14(19)9-7-13/h2-9H,1,10-11,20H2,(H,22,24). The second-order valence-electron chi connectivity index (χ2n) is 5.37. The zero-order valence-corrected chi connectivity index (χ0v) is 13.0. The molecule has 0 spiro atoms. The maximum absolute atomic E-state index is 12.9. The molecule has 1 amide bonds. The van der Waals surface area contributed by atoms with Gasteiger partial charge in [0.25, 0.3) is 0 Å². The summed E-state index contributed by atoms with van der Waals surface area (Å²) < 4.78 is 12.9. The molecule has 122 valence electrons. The minimum atomic E-state index is -0.335. The molecule has 0 saturated heterocycles. The lowest BCUT2D eigenvalue weighted by atomic mass is 10.1. The molecular formula is C18H17FN4O. The molecule has 0 bridgehead atoms. The Bertz CT molecular complexity index is 814. The molecule has 3 N–H and O–H groups in total. The number of carbonyl (C=O) groups excluding carboxylic acids is 1. The minimum Gasteiger partial charge on any atom is -0.324 e. The van der Waals surface area contributed by atoms with Crippen molar-refractivity contribution < 1.29 is 9.18 Å². The van der Waals surface area contributed by atoms with E-state index in [1.165, 1.54) is 17.1 Å². The molecule has 24 heavy (non-hydrogen) atoms. The van der Waals surface area contributed by atoms with Crippen LogP contribution in [0.3, 0.4) is 0 Å². The largest absolute Gasteiger partial charge is 0.324 e. The number of benzene rings is 2. The van der Waals surface area contributed by atoms with Gasteiger partial charge in [-0.3, -0.25) is 10.2 Å². The SMILES string of the molecule is C=C1c2ccccc2N=C(CN)N1NC(=O)Cc1ccc(F)cc1. The van der Waals surface area contributed by atoms with E-state index in [0.717, 1.165) is 11.3 Å². The molecule has 1 aliphatic heterocycles. The highest BCUT2D eigenvalue weighted by atomic mass is 19.1. The predicted molar refractivity (Wildman–Crippen MR) is 91.7 cm³/mol. The number of para-hydroxylation sites is 1. The first-order valence-electron chi connectivity index (χ1n) is 7.48. The van der Waals surface area contributed by atoms with Crippen molar-refractivity contribution in [3.63, 3.8) is 0 Å². The van der Waals surface area contributed by atoms with Gasteiger partial charge in [-0.25, -0.2) is 14.4 Å². The van der Waals surface area contributed by atoms with Crippen LogP contribution in [-0.4, -0.2) is 23.3 Å². The molecule has 1 heterocycles. The second-order valence-corrected chi connectivity index (χ2v) is 5.37. The highest BCUT2D eigenvalue weighted by molar-refractivity contribution is 6.00. The van der Waals surface area contributed by atoms with Crippen molar-refractivity contribution in [3.8, 4) is 0 Å². The first-order chi connectivity index (χ1) is 11.6. The third-order valence-corrected chi connectivity index (χ3v) is 3.69. The molecule has 3 rings (SSSR count). The number of nitrogens with zero attached hydrogens (tertiary/aromatic N) is 2. The average Bonchev–Trinajstić information content (AvgIpc) is 2.59. The molecule has 0 aliphatic carbocycles. The number of amidine groups is 1. The summed E-state index contributed by atoms with van der Waals surface area (Å²) in [6, 6.07) is 13.3.